The van der Waals surface area contributed by atoms with Gasteiger partial charge in [-0.25, -0.2) is 10.7 Å². The molecule has 154 valence electrons. The fraction of sp³-hybridized carbons (Fsp3) is 0.143. The minimum Gasteiger partial charge on any atom is -0.477 e. The molecule has 0 unspecified atom stereocenters. The molecule has 0 fully saturated rings. The predicted octanol–water partition coefficient (Wildman–Crippen LogP) is 5.07. The predicted molar refractivity (Wildman–Crippen MR) is 118 cm³/mol. The van der Waals surface area contributed by atoms with Crippen LogP contribution in [0.4, 0.5) is 0 Å². The molecule has 0 atom stereocenters. The van der Waals surface area contributed by atoms with Gasteiger partial charge in [0, 0.05) is 10.0 Å². The topological polar surface area (TPSA) is 94.1 Å². The van der Waals surface area contributed by atoms with Crippen LogP contribution in [0.3, 0.4) is 0 Å². The summed E-state index contributed by atoms with van der Waals surface area (Å²) >= 11 is 11.4. The second-order valence-electron chi connectivity index (χ2n) is 5.52. The largest absolute Gasteiger partial charge is 0.477 e. The third kappa shape index (κ3) is 11.7. The first kappa shape index (κ1) is 24.4. The van der Waals surface area contributed by atoms with Gasteiger partial charge in [-0.15, -0.1) is 0 Å². The molecule has 8 heteroatoms. The molecule has 0 radical (unpaired) electrons. The van der Waals surface area contributed by atoms with Gasteiger partial charge in [-0.1, -0.05) is 70.9 Å². The van der Waals surface area contributed by atoms with Crippen LogP contribution in [0.5, 0.6) is 0 Å². The summed E-state index contributed by atoms with van der Waals surface area (Å²) in [6.45, 7) is 2.00. The highest BCUT2D eigenvalue weighted by Crippen LogP contribution is 2.11. The lowest BCUT2D eigenvalue weighted by molar-refractivity contribution is -0.129. The number of carboxylic acids is 1. The molecule has 2 aromatic rings. The molecule has 2 aromatic carbocycles. The van der Waals surface area contributed by atoms with Crippen LogP contribution >= 0.6 is 23.2 Å². The van der Waals surface area contributed by atoms with Gasteiger partial charge in [0.2, 0.25) is 0 Å². The van der Waals surface area contributed by atoms with Crippen LogP contribution in [0.25, 0.3) is 12.2 Å². The Bertz CT molecular complexity index is 833. The van der Waals surface area contributed by atoms with Gasteiger partial charge in [0.1, 0.15) is 6.61 Å². The molecule has 0 aliphatic heterocycles. The highest BCUT2D eigenvalue weighted by Gasteiger charge is 2.00. The molecule has 0 saturated carbocycles. The first-order valence-electron chi connectivity index (χ1n) is 8.48. The normalized spacial score (nSPS) is 11.4. The molecule has 0 aliphatic carbocycles. The lowest BCUT2D eigenvalue weighted by Gasteiger charge is -1.95. The van der Waals surface area contributed by atoms with Gasteiger partial charge < -0.3 is 14.8 Å². The summed E-state index contributed by atoms with van der Waals surface area (Å²) in [4.78, 5) is 19.5. The van der Waals surface area contributed by atoms with Gasteiger partial charge in [-0.05, 0) is 48.4 Å². The Morgan fingerprint density at radius 1 is 0.966 bits per heavy atom. The van der Waals surface area contributed by atoms with Crippen molar-refractivity contribution in [1.29, 1.82) is 0 Å². The highest BCUT2D eigenvalue weighted by molar-refractivity contribution is 6.34. The number of aliphatic carboxylic acids is 1. The number of halogens is 2. The molecular weight excluding hydrogens is 415 g/mol. The number of hydrogen-bond donors (Lipinski definition) is 2. The molecule has 0 heterocycles. The monoisotopic (exact) mass is 436 g/mol. The smallest absolute Gasteiger partial charge is 0.353 e. The Morgan fingerprint density at radius 3 is 1.83 bits per heavy atom. The number of nitrogens with two attached hydrogens (primary N) is 1. The SMILES string of the molecule is C/C(=N/OC/C=C/c1ccc(Cl)cc1)C(=O)O.NOC/C=C/c1ccc(Cl)cc1. The van der Waals surface area contributed by atoms with Crippen molar-refractivity contribution >= 4 is 47.0 Å². The van der Waals surface area contributed by atoms with Crippen LogP contribution in [0.15, 0.2) is 65.8 Å². The maximum absolute atomic E-state index is 10.4. The summed E-state index contributed by atoms with van der Waals surface area (Å²) < 4.78 is 0. The lowest BCUT2D eigenvalue weighted by Crippen LogP contribution is -2.08. The quantitative estimate of drug-likeness (QED) is 0.342. The van der Waals surface area contributed by atoms with Crippen molar-refractivity contribution in [2.75, 3.05) is 13.2 Å². The van der Waals surface area contributed by atoms with Crippen molar-refractivity contribution in [2.24, 2.45) is 11.1 Å². The van der Waals surface area contributed by atoms with Crippen molar-refractivity contribution in [1.82, 2.24) is 0 Å². The van der Waals surface area contributed by atoms with E-state index in [0.717, 1.165) is 16.1 Å². The van der Waals surface area contributed by atoms with E-state index in [1.165, 1.54) is 6.92 Å². The summed E-state index contributed by atoms with van der Waals surface area (Å²) in [5.74, 6) is 3.75. The Morgan fingerprint density at radius 2 is 1.41 bits per heavy atom. The fourth-order valence-corrected chi connectivity index (χ4v) is 2.04. The van der Waals surface area contributed by atoms with Gasteiger partial charge in [0.25, 0.3) is 0 Å². The van der Waals surface area contributed by atoms with Crippen molar-refractivity contribution in [2.45, 2.75) is 6.92 Å². The van der Waals surface area contributed by atoms with Crippen LogP contribution in [-0.2, 0) is 14.5 Å². The van der Waals surface area contributed by atoms with Crippen molar-refractivity contribution in [3.05, 3.63) is 81.9 Å². The first-order valence-corrected chi connectivity index (χ1v) is 9.23. The molecule has 29 heavy (non-hydrogen) atoms. The first-order chi connectivity index (χ1) is 13.9. The van der Waals surface area contributed by atoms with E-state index in [1.54, 1.807) is 18.2 Å². The summed E-state index contributed by atoms with van der Waals surface area (Å²) in [5.41, 5.74) is 1.98. The maximum atomic E-state index is 10.4. The van der Waals surface area contributed by atoms with E-state index in [1.807, 2.05) is 54.6 Å². The number of carbonyl (C=O) groups is 1. The zero-order valence-corrected chi connectivity index (χ0v) is 17.3. The minimum absolute atomic E-state index is 0.0788. The number of hydrogen-bond acceptors (Lipinski definition) is 5. The number of carboxylic acid groups (broad SMARTS) is 1. The van der Waals surface area contributed by atoms with Crippen LogP contribution < -0.4 is 5.90 Å². The third-order valence-electron chi connectivity index (χ3n) is 3.23. The van der Waals surface area contributed by atoms with Gasteiger partial charge in [-0.3, -0.25) is 0 Å². The van der Waals surface area contributed by atoms with E-state index in [-0.39, 0.29) is 12.3 Å². The Hall–Kier alpha value is -2.64. The van der Waals surface area contributed by atoms with Crippen molar-refractivity contribution in [3.8, 4) is 0 Å². The van der Waals surface area contributed by atoms with Gasteiger partial charge in [0.05, 0.1) is 6.61 Å². The second-order valence-corrected chi connectivity index (χ2v) is 6.39. The number of oxime groups is 1. The molecule has 6 nitrogen and oxygen atoms in total. The van der Waals surface area contributed by atoms with Crippen LogP contribution in [0, 0.1) is 0 Å². The molecule has 0 aliphatic rings. The summed E-state index contributed by atoms with van der Waals surface area (Å²) in [7, 11) is 0. The molecule has 0 spiro atoms. The molecule has 0 amide bonds. The summed E-state index contributed by atoms with van der Waals surface area (Å²) in [5, 5.41) is 13.3. The highest BCUT2D eigenvalue weighted by atomic mass is 35.5. The molecule has 0 aromatic heterocycles. The van der Waals surface area contributed by atoms with E-state index in [4.69, 9.17) is 39.0 Å². The zero-order chi connectivity index (χ0) is 21.5. The molecule has 3 N–H and O–H groups in total. The van der Waals surface area contributed by atoms with E-state index >= 15 is 0 Å². The third-order valence-corrected chi connectivity index (χ3v) is 3.74. The molecule has 0 bridgehead atoms. The number of nitrogens with zero attached hydrogens (tertiary/aromatic N) is 1. The van der Waals surface area contributed by atoms with E-state index in [0.29, 0.717) is 11.6 Å². The minimum atomic E-state index is -1.09. The van der Waals surface area contributed by atoms with Crippen LogP contribution in [0.1, 0.15) is 18.1 Å². The Balaban J connectivity index is 0.000000308. The molecular formula is C21H22Cl2N2O4. The average Bonchev–Trinajstić information content (AvgIpc) is 2.71. The van der Waals surface area contributed by atoms with E-state index in [9.17, 15) is 4.79 Å². The Labute approximate surface area is 179 Å². The zero-order valence-electron chi connectivity index (χ0n) is 15.8. The van der Waals surface area contributed by atoms with E-state index in [2.05, 4.69) is 9.99 Å². The molecule has 0 saturated heterocycles. The van der Waals surface area contributed by atoms with Gasteiger partial charge in [-0.2, -0.15) is 0 Å². The lowest BCUT2D eigenvalue weighted by atomic mass is 10.2. The number of rotatable bonds is 8. The second kappa shape index (κ2) is 14.4. The van der Waals surface area contributed by atoms with Gasteiger partial charge in [0.15, 0.2) is 5.71 Å². The average molecular weight is 437 g/mol. The fourth-order valence-electron chi connectivity index (χ4n) is 1.79. The van der Waals surface area contributed by atoms with Crippen molar-refractivity contribution in [3.63, 3.8) is 0 Å². The number of benzene rings is 2. The van der Waals surface area contributed by atoms with Gasteiger partial charge >= 0.3 is 5.97 Å². The van der Waals surface area contributed by atoms with Crippen LogP contribution in [-0.4, -0.2) is 30.0 Å². The Kier molecular flexibility index (Phi) is 12.1. The summed E-state index contributed by atoms with van der Waals surface area (Å²) in [6, 6.07) is 14.8. The standard InChI is InChI=1S/C12H12ClNO3.C9H10ClNO/c1-9(12(15)16)14-17-8-2-3-10-4-6-11(13)7-5-10;10-9-5-3-8(4-6-9)2-1-7-12-11/h2-7H,8H2,1H3,(H,15,16);1-6H,7,11H2/b3-2+,14-9-;2-1+. The maximum Gasteiger partial charge on any atom is 0.353 e. The molecule has 2 rings (SSSR count). The van der Waals surface area contributed by atoms with Crippen molar-refractivity contribution < 1.29 is 19.6 Å². The van der Waals surface area contributed by atoms with E-state index < -0.39 is 5.97 Å². The summed E-state index contributed by atoms with van der Waals surface area (Å²) in [6.07, 6.45) is 7.33. The van der Waals surface area contributed by atoms with Crippen LogP contribution in [0.2, 0.25) is 10.0 Å².